The molecular formula is C13H14FO4. The zero-order chi connectivity index (χ0) is 13.4. The van der Waals surface area contributed by atoms with Crippen molar-refractivity contribution in [2.75, 3.05) is 6.61 Å². The van der Waals surface area contributed by atoms with Crippen molar-refractivity contribution in [3.8, 4) is 5.75 Å². The van der Waals surface area contributed by atoms with Gasteiger partial charge in [0.15, 0.2) is 6.61 Å². The van der Waals surface area contributed by atoms with Gasteiger partial charge in [-0.25, -0.2) is 9.18 Å². The Bertz CT molecular complexity index is 400. The summed E-state index contributed by atoms with van der Waals surface area (Å²) in [5, 5.41) is 0. The lowest BCUT2D eigenvalue weighted by molar-refractivity contribution is -0.161. The summed E-state index contributed by atoms with van der Waals surface area (Å²) < 4.78 is 22.1. The third kappa shape index (κ3) is 5.43. The summed E-state index contributed by atoms with van der Waals surface area (Å²) in [6.07, 6.45) is 1.34. The summed E-state index contributed by atoms with van der Waals surface area (Å²) in [6.45, 7) is 3.18. The Morgan fingerprint density at radius 1 is 1.17 bits per heavy atom. The van der Waals surface area contributed by atoms with E-state index in [2.05, 4.69) is 11.7 Å². The first-order chi connectivity index (χ1) is 8.61. The maximum atomic E-state index is 12.6. The molecule has 4 nitrogen and oxygen atoms in total. The number of unbranched alkanes of at least 4 members (excludes halogenated alkanes) is 1. The number of carbonyl (C=O) groups is 2. The molecule has 0 N–H and O–H groups in total. The second kappa shape index (κ2) is 7.42. The quantitative estimate of drug-likeness (QED) is 0.576. The van der Waals surface area contributed by atoms with Crippen molar-refractivity contribution in [2.45, 2.75) is 19.3 Å². The van der Waals surface area contributed by atoms with Gasteiger partial charge in [-0.3, -0.25) is 4.79 Å². The molecule has 0 amide bonds. The minimum atomic E-state index is -0.770. The maximum absolute atomic E-state index is 12.6. The minimum Gasteiger partial charge on any atom is -0.482 e. The molecule has 0 bridgehead atoms. The number of ether oxygens (including phenoxy) is 2. The van der Waals surface area contributed by atoms with Crippen molar-refractivity contribution in [3.63, 3.8) is 0 Å². The van der Waals surface area contributed by atoms with E-state index in [1.54, 1.807) is 0 Å². The number of esters is 2. The first-order valence-electron chi connectivity index (χ1n) is 5.53. The van der Waals surface area contributed by atoms with Gasteiger partial charge in [0, 0.05) is 6.42 Å². The Balaban J connectivity index is 2.28. The average Bonchev–Trinajstić information content (AvgIpc) is 2.35. The molecule has 1 aromatic rings. The molecule has 1 rings (SSSR count). The van der Waals surface area contributed by atoms with Crippen LogP contribution in [0, 0.1) is 12.7 Å². The zero-order valence-electron chi connectivity index (χ0n) is 9.86. The van der Waals surface area contributed by atoms with Gasteiger partial charge < -0.3 is 9.47 Å². The van der Waals surface area contributed by atoms with Crippen LogP contribution in [-0.2, 0) is 14.3 Å². The molecule has 0 spiro atoms. The van der Waals surface area contributed by atoms with E-state index in [0.717, 1.165) is 0 Å². The summed E-state index contributed by atoms with van der Waals surface area (Å²) in [4.78, 5) is 22.3. The predicted molar refractivity (Wildman–Crippen MR) is 62.2 cm³/mol. The minimum absolute atomic E-state index is 0.159. The topological polar surface area (TPSA) is 52.6 Å². The molecule has 0 aliphatic heterocycles. The fraction of sp³-hybridized carbons (Fsp3) is 0.308. The largest absolute Gasteiger partial charge is 0.482 e. The van der Waals surface area contributed by atoms with Gasteiger partial charge in [-0.15, -0.1) is 0 Å². The Hall–Kier alpha value is -1.91. The van der Waals surface area contributed by atoms with E-state index in [9.17, 15) is 14.0 Å². The predicted octanol–water partition coefficient (Wildman–Crippen LogP) is 2.28. The summed E-state index contributed by atoms with van der Waals surface area (Å²) in [5.74, 6) is -1.42. The number of halogens is 1. The van der Waals surface area contributed by atoms with Gasteiger partial charge in [0.2, 0.25) is 0 Å². The molecule has 0 saturated carbocycles. The highest BCUT2D eigenvalue weighted by Crippen LogP contribution is 2.10. The Morgan fingerprint density at radius 2 is 1.83 bits per heavy atom. The van der Waals surface area contributed by atoms with Crippen LogP contribution in [0.15, 0.2) is 24.3 Å². The van der Waals surface area contributed by atoms with Gasteiger partial charge in [-0.05, 0) is 30.7 Å². The first-order valence-corrected chi connectivity index (χ1v) is 5.53. The van der Waals surface area contributed by atoms with Gasteiger partial charge in [0.05, 0.1) is 0 Å². The molecule has 0 heterocycles. The molecule has 5 heteroatoms. The molecule has 1 radical (unpaired) electrons. The number of benzene rings is 1. The number of rotatable bonds is 6. The van der Waals surface area contributed by atoms with Gasteiger partial charge in [-0.2, -0.15) is 0 Å². The first kappa shape index (κ1) is 14.2. The number of carbonyl (C=O) groups excluding carboxylic acids is 2. The Labute approximate surface area is 105 Å². The van der Waals surface area contributed by atoms with Crippen LogP contribution in [0.3, 0.4) is 0 Å². The highest BCUT2D eigenvalue weighted by molar-refractivity contribution is 5.86. The van der Waals surface area contributed by atoms with Gasteiger partial charge in [0.25, 0.3) is 0 Å². The standard InChI is InChI=1S/C13H14FO4/c1-2-3-4-12(15)18-13(16)9-17-11-7-5-10(14)6-8-11/h5-8H,1-4,9H2. The summed E-state index contributed by atoms with van der Waals surface area (Å²) in [6, 6.07) is 5.18. The molecule has 0 saturated heterocycles. The van der Waals surface area contributed by atoms with Crippen LogP contribution in [0.4, 0.5) is 4.39 Å². The normalized spacial score (nSPS) is 9.89. The van der Waals surface area contributed by atoms with Crippen molar-refractivity contribution in [3.05, 3.63) is 37.0 Å². The van der Waals surface area contributed by atoms with Crippen LogP contribution in [0.2, 0.25) is 0 Å². The summed E-state index contributed by atoms with van der Waals surface area (Å²) in [5.41, 5.74) is 0. The van der Waals surface area contributed by atoms with Crippen molar-refractivity contribution in [1.29, 1.82) is 0 Å². The van der Waals surface area contributed by atoms with E-state index < -0.39 is 17.8 Å². The lowest BCUT2D eigenvalue weighted by Crippen LogP contribution is -2.19. The van der Waals surface area contributed by atoms with E-state index >= 15 is 0 Å². The lowest BCUT2D eigenvalue weighted by Gasteiger charge is -2.05. The van der Waals surface area contributed by atoms with Crippen molar-refractivity contribution in [1.82, 2.24) is 0 Å². The molecule has 0 atom stereocenters. The van der Waals surface area contributed by atoms with Gasteiger partial charge in [-0.1, -0.05) is 13.3 Å². The van der Waals surface area contributed by atoms with E-state index in [1.807, 2.05) is 0 Å². The second-order valence-corrected chi connectivity index (χ2v) is 3.55. The molecular weight excluding hydrogens is 239 g/mol. The number of hydrogen-bond acceptors (Lipinski definition) is 4. The lowest BCUT2D eigenvalue weighted by atomic mass is 10.2. The van der Waals surface area contributed by atoms with Crippen molar-refractivity contribution in [2.24, 2.45) is 0 Å². The van der Waals surface area contributed by atoms with Crippen molar-refractivity contribution >= 4 is 11.9 Å². The molecule has 0 aliphatic carbocycles. The van der Waals surface area contributed by atoms with E-state index in [1.165, 1.54) is 24.3 Å². The molecule has 0 unspecified atom stereocenters. The van der Waals surface area contributed by atoms with Crippen LogP contribution in [0.25, 0.3) is 0 Å². The van der Waals surface area contributed by atoms with Gasteiger partial charge >= 0.3 is 11.9 Å². The summed E-state index contributed by atoms with van der Waals surface area (Å²) in [7, 11) is 0. The second-order valence-electron chi connectivity index (χ2n) is 3.55. The zero-order valence-corrected chi connectivity index (χ0v) is 9.86. The Morgan fingerprint density at radius 3 is 2.44 bits per heavy atom. The van der Waals surface area contributed by atoms with Crippen LogP contribution >= 0.6 is 0 Å². The highest BCUT2D eigenvalue weighted by atomic mass is 19.1. The summed E-state index contributed by atoms with van der Waals surface area (Å²) >= 11 is 0. The van der Waals surface area contributed by atoms with Crippen LogP contribution in [0.5, 0.6) is 5.75 Å². The average molecular weight is 253 g/mol. The molecule has 97 valence electrons. The molecule has 0 aromatic heterocycles. The maximum Gasteiger partial charge on any atom is 0.351 e. The van der Waals surface area contributed by atoms with Crippen LogP contribution in [0.1, 0.15) is 19.3 Å². The number of hydrogen-bond donors (Lipinski definition) is 0. The van der Waals surface area contributed by atoms with E-state index in [0.29, 0.717) is 18.6 Å². The molecule has 18 heavy (non-hydrogen) atoms. The third-order valence-electron chi connectivity index (χ3n) is 2.03. The molecule has 0 fully saturated rings. The van der Waals surface area contributed by atoms with Crippen LogP contribution < -0.4 is 4.74 Å². The van der Waals surface area contributed by atoms with Gasteiger partial charge in [0.1, 0.15) is 11.6 Å². The fourth-order valence-corrected chi connectivity index (χ4v) is 1.15. The van der Waals surface area contributed by atoms with Crippen LogP contribution in [-0.4, -0.2) is 18.5 Å². The fourth-order valence-electron chi connectivity index (χ4n) is 1.15. The van der Waals surface area contributed by atoms with E-state index in [-0.39, 0.29) is 13.0 Å². The molecule has 1 aromatic carbocycles. The smallest absolute Gasteiger partial charge is 0.351 e. The SMILES string of the molecule is [CH2]CCCC(=O)OC(=O)COc1ccc(F)cc1. The monoisotopic (exact) mass is 253 g/mol. The highest BCUT2D eigenvalue weighted by Gasteiger charge is 2.10. The van der Waals surface area contributed by atoms with E-state index in [4.69, 9.17) is 4.74 Å². The molecule has 0 aliphatic rings. The third-order valence-corrected chi connectivity index (χ3v) is 2.03. The van der Waals surface area contributed by atoms with Crippen molar-refractivity contribution < 1.29 is 23.5 Å². The Kier molecular flexibility index (Phi) is 5.84.